The van der Waals surface area contributed by atoms with Gasteiger partial charge in [0.15, 0.2) is 0 Å². The van der Waals surface area contributed by atoms with Gasteiger partial charge in [-0.05, 0) is 79.6 Å². The summed E-state index contributed by atoms with van der Waals surface area (Å²) in [6.45, 7) is 5.04. The first-order valence-corrected chi connectivity index (χ1v) is 20.5. The van der Waals surface area contributed by atoms with Gasteiger partial charge >= 0.3 is 11.9 Å². The number of nitrogens with zero attached hydrogens (tertiary/aromatic N) is 1. The lowest BCUT2D eigenvalue weighted by Crippen LogP contribution is -2.54. The summed E-state index contributed by atoms with van der Waals surface area (Å²) in [5.74, 6) is 1.57. The fraction of sp³-hybridized carbons (Fsp3) is 0.487. The van der Waals surface area contributed by atoms with Gasteiger partial charge in [-0.3, -0.25) is 14.5 Å². The number of hydrogen-bond acceptors (Lipinski definition) is 10. The molecular weight excluding hydrogens is 671 g/mol. The van der Waals surface area contributed by atoms with Crippen LogP contribution in [0.1, 0.15) is 58.8 Å². The highest BCUT2D eigenvalue weighted by Crippen LogP contribution is 2.71. The van der Waals surface area contributed by atoms with Crippen molar-refractivity contribution in [2.45, 2.75) is 64.2 Å². The van der Waals surface area contributed by atoms with Crippen LogP contribution in [0.5, 0.6) is 0 Å². The minimum Gasteiger partial charge on any atom is -0.427 e. The average Bonchev–Trinajstić information content (AvgIpc) is 3.73. The van der Waals surface area contributed by atoms with Crippen molar-refractivity contribution in [3.05, 3.63) is 93.3 Å². The van der Waals surface area contributed by atoms with Crippen LogP contribution in [0.2, 0.25) is 0 Å². The maximum absolute atomic E-state index is 14.6. The Morgan fingerprint density at radius 3 is 2.72 bits per heavy atom. The van der Waals surface area contributed by atoms with E-state index in [2.05, 4.69) is 54.9 Å². The summed E-state index contributed by atoms with van der Waals surface area (Å²) in [4.78, 5) is 56.2. The molecule has 9 bridgehead atoms. The van der Waals surface area contributed by atoms with Crippen LogP contribution >= 0.6 is 21.6 Å². The molecule has 0 radical (unpaired) electrons. The Balaban J connectivity index is 1.29. The summed E-state index contributed by atoms with van der Waals surface area (Å²) in [5.41, 5.74) is 4.51. The fourth-order valence-corrected chi connectivity index (χ4v) is 12.7. The van der Waals surface area contributed by atoms with Crippen molar-refractivity contribution in [2.75, 3.05) is 18.8 Å². The van der Waals surface area contributed by atoms with Gasteiger partial charge in [-0.1, -0.05) is 60.1 Å². The minimum absolute atomic E-state index is 0.0297. The first kappa shape index (κ1) is 32.2. The molecule has 0 unspecified atom stereocenters. The molecule has 50 heavy (non-hydrogen) atoms. The van der Waals surface area contributed by atoms with E-state index in [-0.39, 0.29) is 53.4 Å². The molecule has 1 saturated heterocycles. The van der Waals surface area contributed by atoms with E-state index in [0.717, 1.165) is 78.0 Å². The molecule has 7 aliphatic heterocycles. The third-order valence-corrected chi connectivity index (χ3v) is 14.9. The first-order valence-electron chi connectivity index (χ1n) is 18.1. The molecule has 4 aliphatic carbocycles. The average molecular weight is 712 g/mol. The zero-order valence-corrected chi connectivity index (χ0v) is 29.9. The molecule has 0 aromatic rings. The third kappa shape index (κ3) is 4.75. The minimum atomic E-state index is -0.823. The standard InChI is InChI=1S/C39H41N3O6S2/c1-3-4-5-27-25-8-7-23-22-14-16-39(34(23)33(25)37(45)47-27)28-10-6-20(2)19-49-50-29-11-9-24-21(15-17-40-36(24)41-29)26(32(22)35(39)38(46)48-28)18-42-30(43)12-13-31(42)44/h5,9-13,15,20,22-23,26,29,34,40-41H,3-4,6-8,14,16-19H2,1-2H3/b27-5-,28-10-/t20-,22+,23+,26+,29-,34-,39+/m1/s1. The van der Waals surface area contributed by atoms with Crippen molar-refractivity contribution in [2.24, 2.45) is 35.0 Å². The highest BCUT2D eigenvalue weighted by atomic mass is 33.1. The molecule has 11 aliphatic rings. The summed E-state index contributed by atoms with van der Waals surface area (Å²) in [5, 5.41) is 7.29. The Morgan fingerprint density at radius 1 is 1.06 bits per heavy atom. The van der Waals surface area contributed by atoms with Crippen LogP contribution in [0.25, 0.3) is 0 Å². The molecular formula is C39H41N3O6S2. The fourth-order valence-electron chi connectivity index (χ4n) is 10.1. The molecule has 11 heteroatoms. The number of allylic oxidation sites excluding steroid dienone is 6. The molecule has 2 N–H and O–H groups in total. The molecule has 260 valence electrons. The molecule has 11 rings (SSSR count). The highest BCUT2D eigenvalue weighted by molar-refractivity contribution is 8.77. The van der Waals surface area contributed by atoms with Gasteiger partial charge in [-0.25, -0.2) is 9.59 Å². The van der Waals surface area contributed by atoms with Gasteiger partial charge in [0.05, 0.1) is 11.0 Å². The highest BCUT2D eigenvalue weighted by Gasteiger charge is 2.69. The second kappa shape index (κ2) is 12.2. The van der Waals surface area contributed by atoms with E-state index >= 15 is 0 Å². The van der Waals surface area contributed by atoms with E-state index in [1.165, 1.54) is 17.1 Å². The van der Waals surface area contributed by atoms with Gasteiger partial charge in [0.2, 0.25) is 0 Å². The van der Waals surface area contributed by atoms with Crippen LogP contribution < -0.4 is 10.6 Å². The molecule has 2 fully saturated rings. The van der Waals surface area contributed by atoms with E-state index in [1.54, 1.807) is 10.8 Å². The SMILES string of the molecule is CCC/C=C1\OC(=O)C2=C1CC[C@H]1[C@@H]3CC[C@@]4(C5=C3[C@@H](CN3C(=O)C=CC3=O)C3=CCNC6=C3C=C[C@H](N6)SSC[C@H](C)C/C=C/4OC5=O)[C@@H]21. The molecule has 2 amide bonds. The number of rotatable bonds is 4. The molecule has 7 atom stereocenters. The largest absolute Gasteiger partial charge is 0.427 e. The van der Waals surface area contributed by atoms with Crippen LogP contribution in [0.15, 0.2) is 93.3 Å². The summed E-state index contributed by atoms with van der Waals surface area (Å²) >= 11 is 0. The van der Waals surface area contributed by atoms with Gasteiger partial charge in [-0.2, -0.15) is 0 Å². The normalized spacial score (nSPS) is 37.5. The molecule has 0 aromatic heterocycles. The van der Waals surface area contributed by atoms with Gasteiger partial charge in [0, 0.05) is 59.5 Å². The second-order valence-corrected chi connectivity index (χ2v) is 17.4. The number of unbranched alkanes of at least 4 members (excludes halogenated alkanes) is 1. The summed E-state index contributed by atoms with van der Waals surface area (Å²) in [7, 11) is 3.61. The Morgan fingerprint density at radius 2 is 1.90 bits per heavy atom. The molecule has 0 aromatic carbocycles. The first-order chi connectivity index (χ1) is 24.3. The van der Waals surface area contributed by atoms with Crippen LogP contribution in [0.4, 0.5) is 0 Å². The van der Waals surface area contributed by atoms with E-state index < -0.39 is 11.3 Å². The van der Waals surface area contributed by atoms with Gasteiger partial charge in [0.1, 0.15) is 22.7 Å². The van der Waals surface area contributed by atoms with Crippen LogP contribution in [0.3, 0.4) is 0 Å². The molecule has 1 saturated carbocycles. The monoisotopic (exact) mass is 711 g/mol. The lowest BCUT2D eigenvalue weighted by Gasteiger charge is -2.57. The van der Waals surface area contributed by atoms with Crippen molar-refractivity contribution < 1.29 is 28.7 Å². The molecule has 7 heterocycles. The van der Waals surface area contributed by atoms with E-state index in [9.17, 15) is 19.2 Å². The quantitative estimate of drug-likeness (QED) is 0.208. The number of hydrogen-bond donors (Lipinski definition) is 2. The summed E-state index contributed by atoms with van der Waals surface area (Å²) in [6, 6.07) is 0. The van der Waals surface area contributed by atoms with Crippen molar-refractivity contribution in [1.29, 1.82) is 0 Å². The zero-order chi connectivity index (χ0) is 34.3. The predicted molar refractivity (Wildman–Crippen MR) is 191 cm³/mol. The third-order valence-electron chi connectivity index (χ3n) is 12.2. The van der Waals surface area contributed by atoms with Crippen LogP contribution in [-0.2, 0) is 28.7 Å². The maximum Gasteiger partial charge on any atom is 0.340 e. The number of ether oxygens (including phenoxy) is 2. The van der Waals surface area contributed by atoms with Crippen molar-refractivity contribution in [3.63, 3.8) is 0 Å². The Bertz CT molecular complexity index is 1860. The second-order valence-electron chi connectivity index (χ2n) is 14.9. The zero-order valence-electron chi connectivity index (χ0n) is 28.3. The number of carbonyl (C=O) groups is 4. The van der Waals surface area contributed by atoms with Crippen LogP contribution in [-0.4, -0.2) is 52.9 Å². The number of cyclic esters (lactones) is 1. The smallest absolute Gasteiger partial charge is 0.340 e. The van der Waals surface area contributed by atoms with Gasteiger partial charge < -0.3 is 20.1 Å². The van der Waals surface area contributed by atoms with Gasteiger partial charge in [-0.15, -0.1) is 0 Å². The Hall–Kier alpha value is -3.70. The predicted octanol–water partition coefficient (Wildman–Crippen LogP) is 5.89. The number of carbonyl (C=O) groups excluding carboxylic acids is 4. The number of nitrogens with one attached hydrogen (secondary N) is 2. The topological polar surface area (TPSA) is 114 Å². The lowest BCUT2D eigenvalue weighted by molar-refractivity contribution is -0.138. The number of amides is 2. The van der Waals surface area contributed by atoms with Gasteiger partial charge in [0.25, 0.3) is 11.8 Å². The summed E-state index contributed by atoms with van der Waals surface area (Å²) in [6.07, 6.45) is 19.0. The lowest BCUT2D eigenvalue weighted by atomic mass is 9.43. The van der Waals surface area contributed by atoms with Crippen LogP contribution in [0, 0.1) is 35.0 Å². The Labute approximate surface area is 299 Å². The van der Waals surface area contributed by atoms with Crippen molar-refractivity contribution >= 4 is 45.3 Å². The van der Waals surface area contributed by atoms with E-state index in [4.69, 9.17) is 9.47 Å². The number of dihydropyridines is 2. The van der Waals surface area contributed by atoms with Crippen molar-refractivity contribution in [3.8, 4) is 0 Å². The molecule has 1 spiro atoms. The van der Waals surface area contributed by atoms with E-state index in [1.807, 2.05) is 10.8 Å². The molecule has 9 nitrogen and oxygen atoms in total. The number of esters is 2. The number of fused-ring (bicyclic) bond motifs is 6. The van der Waals surface area contributed by atoms with Crippen molar-refractivity contribution in [1.82, 2.24) is 15.5 Å². The maximum atomic E-state index is 14.6. The Kier molecular flexibility index (Phi) is 7.87. The summed E-state index contributed by atoms with van der Waals surface area (Å²) < 4.78 is 12.4. The van der Waals surface area contributed by atoms with E-state index in [0.29, 0.717) is 36.0 Å². The number of imide groups is 1.